The van der Waals surface area contributed by atoms with Gasteiger partial charge in [0.2, 0.25) is 5.95 Å². The van der Waals surface area contributed by atoms with Gasteiger partial charge >= 0.3 is 0 Å². The van der Waals surface area contributed by atoms with Gasteiger partial charge in [-0.1, -0.05) is 0 Å². The summed E-state index contributed by atoms with van der Waals surface area (Å²) in [6, 6.07) is 4.57. The molecule has 2 N–H and O–H groups in total. The number of hydrogen-bond donors (Lipinski definition) is 1. The molecule has 0 aliphatic rings. The molecule has 1 heterocycles. The van der Waals surface area contributed by atoms with Crippen LogP contribution in [0.1, 0.15) is 0 Å². The van der Waals surface area contributed by atoms with Crippen LogP contribution in [0.25, 0.3) is 11.4 Å². The first-order valence-electron chi connectivity index (χ1n) is 4.20. The molecule has 4 nitrogen and oxygen atoms in total. The Bertz CT molecular complexity index is 489. The zero-order valence-electron chi connectivity index (χ0n) is 7.91. The van der Waals surface area contributed by atoms with Crippen molar-refractivity contribution in [1.29, 1.82) is 0 Å². The molecule has 0 aliphatic heterocycles. The molecule has 0 amide bonds. The predicted octanol–water partition coefficient (Wildman–Crippen LogP) is 1.97. The number of nitrogens with two attached hydrogens (primary N) is 1. The second-order valence-corrected chi connectivity index (χ2v) is 3.90. The van der Waals surface area contributed by atoms with Crippen LogP contribution in [0.2, 0.25) is 0 Å². The Morgan fingerprint density at radius 2 is 2.20 bits per heavy atom. The Morgan fingerprint density at radius 1 is 1.47 bits per heavy atom. The number of nitrogen functional groups attached to an aromatic ring is 1. The van der Waals surface area contributed by atoms with E-state index in [0.717, 1.165) is 5.56 Å². The summed E-state index contributed by atoms with van der Waals surface area (Å²) < 4.78 is 14.8. The fourth-order valence-corrected chi connectivity index (χ4v) is 1.53. The molecular weight excluding hydrogens is 263 g/mol. The zero-order valence-corrected chi connectivity index (χ0v) is 9.49. The predicted molar refractivity (Wildman–Crippen MR) is 58.5 cm³/mol. The van der Waals surface area contributed by atoms with Gasteiger partial charge in [-0.15, -0.1) is 5.10 Å². The van der Waals surface area contributed by atoms with Crippen LogP contribution < -0.4 is 5.73 Å². The highest BCUT2D eigenvalue weighted by Crippen LogP contribution is 2.23. The Morgan fingerprint density at radius 3 is 2.73 bits per heavy atom. The van der Waals surface area contributed by atoms with E-state index in [2.05, 4.69) is 26.0 Å². The molecule has 2 aromatic rings. The van der Waals surface area contributed by atoms with Crippen molar-refractivity contribution >= 4 is 21.9 Å². The van der Waals surface area contributed by atoms with Gasteiger partial charge in [-0.25, -0.2) is 9.07 Å². The number of nitrogens with zero attached hydrogens (tertiary/aromatic N) is 3. The molecule has 0 atom stereocenters. The number of benzene rings is 1. The molecule has 1 aromatic carbocycles. The van der Waals surface area contributed by atoms with Crippen molar-refractivity contribution in [3.8, 4) is 11.4 Å². The van der Waals surface area contributed by atoms with Crippen molar-refractivity contribution < 1.29 is 4.39 Å². The Balaban J connectivity index is 2.49. The summed E-state index contributed by atoms with van der Waals surface area (Å²) in [6.07, 6.45) is 0. The zero-order chi connectivity index (χ0) is 11.0. The van der Waals surface area contributed by atoms with Gasteiger partial charge in [0.1, 0.15) is 5.82 Å². The molecule has 0 radical (unpaired) electrons. The quantitative estimate of drug-likeness (QED) is 0.862. The maximum absolute atomic E-state index is 13.0. The molecule has 0 saturated carbocycles. The second kappa shape index (κ2) is 3.62. The minimum Gasteiger partial charge on any atom is -0.368 e. The summed E-state index contributed by atoms with van der Waals surface area (Å²) in [5, 5.41) is 4.09. The first-order chi connectivity index (χ1) is 7.08. The molecule has 2 rings (SSSR count). The minimum absolute atomic E-state index is 0.317. The van der Waals surface area contributed by atoms with E-state index in [4.69, 9.17) is 5.73 Å². The Kier molecular flexibility index (Phi) is 2.44. The lowest BCUT2D eigenvalue weighted by molar-refractivity contribution is 0.621. The molecule has 0 spiro atoms. The molecule has 0 saturated heterocycles. The largest absolute Gasteiger partial charge is 0.368 e. The fourth-order valence-electron chi connectivity index (χ4n) is 1.15. The first-order valence-corrected chi connectivity index (χ1v) is 4.99. The van der Waals surface area contributed by atoms with E-state index in [1.165, 1.54) is 10.7 Å². The number of hydrogen-bond acceptors (Lipinski definition) is 3. The van der Waals surface area contributed by atoms with Gasteiger partial charge in [-0.3, -0.25) is 0 Å². The molecular formula is C9H8BrFN4. The van der Waals surface area contributed by atoms with Crippen LogP contribution >= 0.6 is 15.9 Å². The van der Waals surface area contributed by atoms with Crippen molar-refractivity contribution in [2.24, 2.45) is 7.05 Å². The van der Waals surface area contributed by atoms with Crippen LogP contribution in [-0.4, -0.2) is 14.8 Å². The van der Waals surface area contributed by atoms with E-state index in [1.54, 1.807) is 19.2 Å². The van der Waals surface area contributed by atoms with Gasteiger partial charge in [-0.05, 0) is 34.1 Å². The van der Waals surface area contributed by atoms with Crippen molar-refractivity contribution in [2.45, 2.75) is 0 Å². The first kappa shape index (κ1) is 10.1. The van der Waals surface area contributed by atoms with E-state index < -0.39 is 0 Å². The molecule has 78 valence electrons. The highest BCUT2D eigenvalue weighted by molar-refractivity contribution is 9.10. The van der Waals surface area contributed by atoms with Gasteiger partial charge in [0.05, 0.1) is 4.47 Å². The van der Waals surface area contributed by atoms with Crippen molar-refractivity contribution in [1.82, 2.24) is 14.8 Å². The van der Waals surface area contributed by atoms with Crippen LogP contribution in [0.4, 0.5) is 10.3 Å². The molecule has 6 heteroatoms. The third-order valence-electron chi connectivity index (χ3n) is 1.97. The van der Waals surface area contributed by atoms with E-state index >= 15 is 0 Å². The molecule has 15 heavy (non-hydrogen) atoms. The van der Waals surface area contributed by atoms with Gasteiger partial charge in [0, 0.05) is 12.6 Å². The molecule has 0 unspecified atom stereocenters. The maximum atomic E-state index is 13.0. The van der Waals surface area contributed by atoms with Crippen LogP contribution in [-0.2, 0) is 7.05 Å². The topological polar surface area (TPSA) is 56.7 Å². The number of halogens is 2. The lowest BCUT2D eigenvalue weighted by atomic mass is 10.2. The number of rotatable bonds is 1. The SMILES string of the molecule is Cn1nc(-c2ccc(F)c(Br)c2)nc1N. The maximum Gasteiger partial charge on any atom is 0.218 e. The Labute approximate surface area is 94.1 Å². The van der Waals surface area contributed by atoms with Crippen LogP contribution in [0.15, 0.2) is 22.7 Å². The van der Waals surface area contributed by atoms with Crippen LogP contribution in [0.3, 0.4) is 0 Å². The van der Waals surface area contributed by atoms with Crippen molar-refractivity contribution in [2.75, 3.05) is 5.73 Å². The molecule has 0 bridgehead atoms. The third-order valence-corrected chi connectivity index (χ3v) is 2.58. The summed E-state index contributed by atoms with van der Waals surface area (Å²) in [4.78, 5) is 4.04. The summed E-state index contributed by atoms with van der Waals surface area (Å²) in [5.74, 6) is 0.490. The summed E-state index contributed by atoms with van der Waals surface area (Å²) in [5.41, 5.74) is 6.27. The summed E-state index contributed by atoms with van der Waals surface area (Å²) >= 11 is 3.10. The average Bonchev–Trinajstić information content (AvgIpc) is 2.52. The van der Waals surface area contributed by atoms with E-state index in [1.807, 2.05) is 0 Å². The smallest absolute Gasteiger partial charge is 0.218 e. The van der Waals surface area contributed by atoms with E-state index in [0.29, 0.717) is 16.2 Å². The lowest BCUT2D eigenvalue weighted by Crippen LogP contribution is -1.97. The highest BCUT2D eigenvalue weighted by atomic mass is 79.9. The fraction of sp³-hybridized carbons (Fsp3) is 0.111. The minimum atomic E-state index is -0.317. The van der Waals surface area contributed by atoms with E-state index in [-0.39, 0.29) is 5.82 Å². The lowest BCUT2D eigenvalue weighted by Gasteiger charge is -1.97. The second-order valence-electron chi connectivity index (χ2n) is 3.05. The van der Waals surface area contributed by atoms with Crippen molar-refractivity contribution in [3.63, 3.8) is 0 Å². The summed E-state index contributed by atoms with van der Waals surface area (Å²) in [7, 11) is 1.70. The standard InChI is InChI=1S/C9H8BrFN4/c1-15-9(12)13-8(14-15)5-2-3-7(11)6(10)4-5/h2-4H,1H3,(H2,12,13,14). The normalized spacial score (nSPS) is 10.6. The van der Waals surface area contributed by atoms with Crippen LogP contribution in [0, 0.1) is 5.82 Å². The van der Waals surface area contributed by atoms with Gasteiger partial charge < -0.3 is 5.73 Å². The summed E-state index contributed by atoms with van der Waals surface area (Å²) in [6.45, 7) is 0. The van der Waals surface area contributed by atoms with Gasteiger partial charge in [0.15, 0.2) is 5.82 Å². The van der Waals surface area contributed by atoms with Gasteiger partial charge in [0.25, 0.3) is 0 Å². The van der Waals surface area contributed by atoms with Crippen LogP contribution in [0.5, 0.6) is 0 Å². The molecule has 0 fully saturated rings. The highest BCUT2D eigenvalue weighted by Gasteiger charge is 2.08. The average molecular weight is 271 g/mol. The number of aromatic nitrogens is 3. The number of anilines is 1. The molecule has 1 aromatic heterocycles. The Hall–Kier alpha value is -1.43. The monoisotopic (exact) mass is 270 g/mol. The van der Waals surface area contributed by atoms with Gasteiger partial charge in [-0.2, -0.15) is 4.98 Å². The van der Waals surface area contributed by atoms with Crippen molar-refractivity contribution in [3.05, 3.63) is 28.5 Å². The van der Waals surface area contributed by atoms with E-state index in [9.17, 15) is 4.39 Å². The number of aryl methyl sites for hydroxylation is 1. The molecule has 0 aliphatic carbocycles. The third kappa shape index (κ3) is 1.85.